The molecule has 0 aromatic carbocycles. The SMILES string of the molecule is CCCCCCCCCCCCCCCC(=O)OCC(CSCCC(=O)NCC(=O)NCC(=O)NCC(=O)NC(CCC(=O)O)C(=O)O)OC(=O)CCCCCCCCCCCCCCC. The number of ether oxygens (including phenoxy) is 2. The summed E-state index contributed by atoms with van der Waals surface area (Å²) in [4.78, 5) is 96.0. The Hall–Kier alpha value is -3.89. The van der Waals surface area contributed by atoms with E-state index < -0.39 is 73.8 Å². The summed E-state index contributed by atoms with van der Waals surface area (Å²) in [6.45, 7) is 2.90. The second-order valence-electron chi connectivity index (χ2n) is 17.3. The van der Waals surface area contributed by atoms with Crippen LogP contribution < -0.4 is 21.3 Å². The van der Waals surface area contributed by atoms with Crippen molar-refractivity contribution >= 4 is 59.3 Å². The van der Waals surface area contributed by atoms with Gasteiger partial charge in [0.1, 0.15) is 18.8 Å². The van der Waals surface area contributed by atoms with Crippen LogP contribution in [0.2, 0.25) is 0 Å². The Bertz CT molecular complexity index is 1340. The molecule has 0 aliphatic carbocycles. The topological polar surface area (TPSA) is 244 Å². The molecule has 0 aromatic rings. The third-order valence-corrected chi connectivity index (χ3v) is 12.2. The molecule has 2 unspecified atom stereocenters. The first-order chi connectivity index (χ1) is 31.9. The number of aliphatic carboxylic acids is 2. The van der Waals surface area contributed by atoms with Crippen molar-refractivity contribution in [2.45, 2.75) is 225 Å². The number of carboxylic acid groups (broad SMARTS) is 2. The minimum atomic E-state index is -1.44. The van der Waals surface area contributed by atoms with E-state index in [1.54, 1.807) is 0 Å². The molecule has 6 N–H and O–H groups in total. The number of nitrogens with one attached hydrogen (secondary N) is 4. The van der Waals surface area contributed by atoms with Crippen molar-refractivity contribution in [3.63, 3.8) is 0 Å². The first-order valence-electron chi connectivity index (χ1n) is 25.3. The van der Waals surface area contributed by atoms with Gasteiger partial charge in [-0.05, 0) is 19.3 Å². The molecule has 0 heterocycles. The summed E-state index contributed by atoms with van der Waals surface area (Å²) in [5, 5.41) is 27.0. The van der Waals surface area contributed by atoms with Crippen molar-refractivity contribution in [3.05, 3.63) is 0 Å². The summed E-state index contributed by atoms with van der Waals surface area (Å²) in [6.07, 6.45) is 30.6. The molecule has 17 heteroatoms. The van der Waals surface area contributed by atoms with E-state index in [1.165, 1.54) is 134 Å². The van der Waals surface area contributed by atoms with Gasteiger partial charge in [-0.15, -0.1) is 0 Å². The largest absolute Gasteiger partial charge is 0.481 e. The zero-order valence-electron chi connectivity index (χ0n) is 40.7. The number of hydrogen-bond donors (Lipinski definition) is 6. The van der Waals surface area contributed by atoms with Gasteiger partial charge in [-0.3, -0.25) is 33.6 Å². The van der Waals surface area contributed by atoms with Crippen molar-refractivity contribution in [2.24, 2.45) is 0 Å². The van der Waals surface area contributed by atoms with Crippen LogP contribution in [0.25, 0.3) is 0 Å². The molecular formula is C49H88N4O12S. The van der Waals surface area contributed by atoms with E-state index in [-0.39, 0.29) is 37.8 Å². The molecule has 66 heavy (non-hydrogen) atoms. The van der Waals surface area contributed by atoms with E-state index in [0.29, 0.717) is 17.9 Å². The summed E-state index contributed by atoms with van der Waals surface area (Å²) in [6, 6.07) is -1.44. The molecule has 4 amide bonds. The third-order valence-electron chi connectivity index (χ3n) is 11.1. The van der Waals surface area contributed by atoms with Crippen LogP contribution in [0.4, 0.5) is 0 Å². The van der Waals surface area contributed by atoms with E-state index in [2.05, 4.69) is 35.1 Å². The minimum Gasteiger partial charge on any atom is -0.481 e. The van der Waals surface area contributed by atoms with Gasteiger partial charge in [-0.25, -0.2) is 4.79 Å². The number of unbranched alkanes of at least 4 members (excludes halogenated alkanes) is 24. The van der Waals surface area contributed by atoms with E-state index >= 15 is 0 Å². The third kappa shape index (κ3) is 42.7. The van der Waals surface area contributed by atoms with Gasteiger partial charge in [-0.1, -0.05) is 168 Å². The van der Waals surface area contributed by atoms with E-state index in [0.717, 1.165) is 44.9 Å². The highest BCUT2D eigenvalue weighted by Crippen LogP contribution is 2.16. The van der Waals surface area contributed by atoms with E-state index in [4.69, 9.17) is 19.7 Å². The van der Waals surface area contributed by atoms with Gasteiger partial charge in [0, 0.05) is 37.2 Å². The van der Waals surface area contributed by atoms with Crippen LogP contribution in [0.5, 0.6) is 0 Å². The van der Waals surface area contributed by atoms with Crippen molar-refractivity contribution in [1.82, 2.24) is 21.3 Å². The summed E-state index contributed by atoms with van der Waals surface area (Å²) < 4.78 is 11.3. The molecule has 0 aliphatic heterocycles. The predicted octanol–water partition coefficient (Wildman–Crippen LogP) is 8.31. The predicted molar refractivity (Wildman–Crippen MR) is 259 cm³/mol. The molecule has 0 aromatic heterocycles. The average Bonchev–Trinajstić information content (AvgIpc) is 3.28. The lowest BCUT2D eigenvalue weighted by molar-refractivity contribution is -0.157. The number of rotatable bonds is 47. The second-order valence-corrected chi connectivity index (χ2v) is 18.5. The van der Waals surface area contributed by atoms with Crippen LogP contribution in [0.15, 0.2) is 0 Å². The quantitative estimate of drug-likeness (QED) is 0.0249. The van der Waals surface area contributed by atoms with Crippen LogP contribution >= 0.6 is 11.8 Å². The van der Waals surface area contributed by atoms with Crippen molar-refractivity contribution in [3.8, 4) is 0 Å². The van der Waals surface area contributed by atoms with Gasteiger partial charge in [0.25, 0.3) is 0 Å². The number of amides is 4. The Balaban J connectivity index is 4.58. The van der Waals surface area contributed by atoms with E-state index in [9.17, 15) is 38.4 Å². The number of carboxylic acids is 2. The molecule has 0 spiro atoms. The fraction of sp³-hybridized carbons (Fsp3) is 0.837. The highest BCUT2D eigenvalue weighted by atomic mass is 32.2. The standard InChI is InChI=1S/C49H88N4O12S/c1-3-5-7-9-11-13-15-17-19-21-23-25-27-29-47(60)64-38-40(65-48(61)30-28-26-24-22-20-18-16-14-12-10-8-6-4-2)39-66-34-33-42(54)50-35-43(55)51-36-44(56)52-37-45(57)53-41(49(62)63)31-32-46(58)59/h40-41H,3-39H2,1-2H3,(H,50,54)(H,51,55)(H,52,56)(H,53,57)(H,58,59)(H,62,63). The highest BCUT2D eigenvalue weighted by Gasteiger charge is 2.22. The first kappa shape index (κ1) is 62.1. The van der Waals surface area contributed by atoms with Crippen LogP contribution in [-0.2, 0) is 47.8 Å². The number of carbonyl (C=O) groups is 8. The Kier molecular flexibility index (Phi) is 42.3. The smallest absolute Gasteiger partial charge is 0.326 e. The molecule has 0 bridgehead atoms. The maximum atomic E-state index is 12.8. The van der Waals surface area contributed by atoms with Gasteiger partial charge in [0.05, 0.1) is 19.6 Å². The van der Waals surface area contributed by atoms with Crippen LogP contribution in [0, 0.1) is 0 Å². The first-order valence-corrected chi connectivity index (χ1v) is 26.5. The van der Waals surface area contributed by atoms with Gasteiger partial charge in [0.2, 0.25) is 23.6 Å². The summed E-state index contributed by atoms with van der Waals surface area (Å²) >= 11 is 1.36. The van der Waals surface area contributed by atoms with Crippen molar-refractivity contribution in [2.75, 3.05) is 37.7 Å². The van der Waals surface area contributed by atoms with Crippen LogP contribution in [-0.4, -0.2) is 108 Å². The van der Waals surface area contributed by atoms with Gasteiger partial charge >= 0.3 is 23.9 Å². The Morgan fingerprint density at radius 1 is 0.470 bits per heavy atom. The summed E-state index contributed by atoms with van der Waals surface area (Å²) in [7, 11) is 0. The number of carbonyl (C=O) groups excluding carboxylic acids is 6. The molecule has 0 saturated carbocycles. The number of hydrogen-bond acceptors (Lipinski definition) is 11. The summed E-state index contributed by atoms with van der Waals surface area (Å²) in [5.74, 6) is -5.32. The molecule has 0 fully saturated rings. The molecular weight excluding hydrogens is 869 g/mol. The van der Waals surface area contributed by atoms with Gasteiger partial charge in [-0.2, -0.15) is 11.8 Å². The van der Waals surface area contributed by atoms with Crippen molar-refractivity contribution < 1.29 is 58.0 Å². The molecule has 0 radical (unpaired) electrons. The number of thioether (sulfide) groups is 1. The molecule has 382 valence electrons. The molecule has 0 saturated heterocycles. The monoisotopic (exact) mass is 957 g/mol. The van der Waals surface area contributed by atoms with Gasteiger partial charge < -0.3 is 41.0 Å². The highest BCUT2D eigenvalue weighted by molar-refractivity contribution is 7.99. The maximum Gasteiger partial charge on any atom is 0.326 e. The fourth-order valence-corrected chi connectivity index (χ4v) is 8.02. The van der Waals surface area contributed by atoms with Gasteiger partial charge in [0.15, 0.2) is 0 Å². The molecule has 2 atom stereocenters. The minimum absolute atomic E-state index is 0.0514. The van der Waals surface area contributed by atoms with E-state index in [1.807, 2.05) is 0 Å². The van der Waals surface area contributed by atoms with Crippen LogP contribution in [0.1, 0.15) is 213 Å². The number of esters is 2. The molecule has 0 aliphatic rings. The zero-order valence-corrected chi connectivity index (χ0v) is 41.5. The Morgan fingerprint density at radius 3 is 1.29 bits per heavy atom. The second kappa shape index (κ2) is 44.9. The fourth-order valence-electron chi connectivity index (χ4n) is 7.09. The van der Waals surface area contributed by atoms with Crippen LogP contribution in [0.3, 0.4) is 0 Å². The molecule has 16 nitrogen and oxygen atoms in total. The lowest BCUT2D eigenvalue weighted by Gasteiger charge is -2.18. The average molecular weight is 957 g/mol. The Morgan fingerprint density at radius 2 is 0.864 bits per heavy atom. The maximum absolute atomic E-state index is 12.8. The Labute approximate surface area is 400 Å². The summed E-state index contributed by atoms with van der Waals surface area (Å²) in [5.41, 5.74) is 0. The molecule has 0 rings (SSSR count). The lowest BCUT2D eigenvalue weighted by atomic mass is 10.0. The lowest BCUT2D eigenvalue weighted by Crippen LogP contribution is -2.47. The van der Waals surface area contributed by atoms with Crippen molar-refractivity contribution in [1.29, 1.82) is 0 Å². The zero-order chi connectivity index (χ0) is 48.9. The normalized spacial score (nSPS) is 11.8.